The molecule has 0 spiro atoms. The van der Waals surface area contributed by atoms with Crippen molar-refractivity contribution in [2.24, 2.45) is 10.2 Å². The standard InChI is InChI=1S/C14H16FN3O2S/c1-2-3-4-20-12-6-10(5-11(15)7-12)8-16-18-14-17-13(19)9-21-14/h5-8H,2-4,9H2,1H3,(H,17,18,19). The lowest BCUT2D eigenvalue weighted by Crippen LogP contribution is -2.19. The molecule has 1 fully saturated rings. The van der Waals surface area contributed by atoms with E-state index < -0.39 is 0 Å². The molecule has 2 rings (SSSR count). The number of nitrogens with one attached hydrogen (secondary N) is 1. The van der Waals surface area contributed by atoms with Gasteiger partial charge in [-0.25, -0.2) is 4.39 Å². The van der Waals surface area contributed by atoms with Crippen LogP contribution in [-0.4, -0.2) is 29.6 Å². The topological polar surface area (TPSA) is 63.1 Å². The highest BCUT2D eigenvalue weighted by molar-refractivity contribution is 8.15. The Morgan fingerprint density at radius 2 is 2.33 bits per heavy atom. The maximum absolute atomic E-state index is 13.5. The fraction of sp³-hybridized carbons (Fsp3) is 0.357. The van der Waals surface area contributed by atoms with E-state index in [0.717, 1.165) is 12.8 Å². The van der Waals surface area contributed by atoms with Gasteiger partial charge in [0.2, 0.25) is 5.91 Å². The number of unbranched alkanes of at least 4 members (excludes halogenated alkanes) is 1. The molecule has 0 bridgehead atoms. The Balaban J connectivity index is 2.00. The molecule has 1 aromatic carbocycles. The summed E-state index contributed by atoms with van der Waals surface area (Å²) in [6.07, 6.45) is 3.36. The summed E-state index contributed by atoms with van der Waals surface area (Å²) in [5.74, 6) is 0.345. The number of amidine groups is 1. The zero-order chi connectivity index (χ0) is 15.1. The van der Waals surface area contributed by atoms with E-state index in [2.05, 4.69) is 22.4 Å². The van der Waals surface area contributed by atoms with Gasteiger partial charge in [-0.05, 0) is 18.6 Å². The van der Waals surface area contributed by atoms with E-state index in [0.29, 0.717) is 28.8 Å². The summed E-state index contributed by atoms with van der Waals surface area (Å²) in [4.78, 5) is 11.0. The van der Waals surface area contributed by atoms with Gasteiger partial charge in [-0.1, -0.05) is 25.1 Å². The van der Waals surface area contributed by atoms with Crippen LogP contribution in [0.5, 0.6) is 5.75 Å². The van der Waals surface area contributed by atoms with Crippen molar-refractivity contribution in [2.75, 3.05) is 12.4 Å². The van der Waals surface area contributed by atoms with Crippen LogP contribution in [0, 0.1) is 5.82 Å². The number of hydrogen-bond donors (Lipinski definition) is 1. The first-order valence-corrected chi connectivity index (χ1v) is 7.63. The first-order chi connectivity index (χ1) is 10.2. The van der Waals surface area contributed by atoms with Crippen LogP contribution >= 0.6 is 11.8 Å². The molecule has 0 atom stereocenters. The Morgan fingerprint density at radius 3 is 3.05 bits per heavy atom. The quantitative estimate of drug-likeness (QED) is 0.499. The van der Waals surface area contributed by atoms with E-state index in [4.69, 9.17) is 4.74 Å². The second-order valence-corrected chi connectivity index (χ2v) is 5.37. The van der Waals surface area contributed by atoms with Gasteiger partial charge in [-0.15, -0.1) is 5.10 Å². The molecule has 1 amide bonds. The van der Waals surface area contributed by atoms with Crippen LogP contribution in [0.15, 0.2) is 28.4 Å². The third-order valence-electron chi connectivity index (χ3n) is 2.60. The molecule has 0 aromatic heterocycles. The average molecular weight is 309 g/mol. The number of rotatable bonds is 6. The highest BCUT2D eigenvalue weighted by atomic mass is 32.2. The van der Waals surface area contributed by atoms with Gasteiger partial charge in [0.25, 0.3) is 0 Å². The van der Waals surface area contributed by atoms with Gasteiger partial charge in [0.05, 0.1) is 18.6 Å². The van der Waals surface area contributed by atoms with Gasteiger partial charge in [0, 0.05) is 11.6 Å². The molecule has 0 saturated carbocycles. The Hall–Kier alpha value is -1.89. The summed E-state index contributed by atoms with van der Waals surface area (Å²) in [6.45, 7) is 2.62. The number of thioether (sulfide) groups is 1. The lowest BCUT2D eigenvalue weighted by Gasteiger charge is -2.06. The van der Waals surface area contributed by atoms with E-state index >= 15 is 0 Å². The summed E-state index contributed by atoms with van der Waals surface area (Å²) < 4.78 is 18.9. The lowest BCUT2D eigenvalue weighted by molar-refractivity contribution is -0.116. The van der Waals surface area contributed by atoms with Crippen molar-refractivity contribution in [3.63, 3.8) is 0 Å². The van der Waals surface area contributed by atoms with E-state index in [9.17, 15) is 9.18 Å². The fourth-order valence-corrected chi connectivity index (χ4v) is 2.23. The first-order valence-electron chi connectivity index (χ1n) is 6.64. The van der Waals surface area contributed by atoms with Crippen molar-refractivity contribution in [2.45, 2.75) is 19.8 Å². The van der Waals surface area contributed by atoms with Crippen LogP contribution in [0.3, 0.4) is 0 Å². The van der Waals surface area contributed by atoms with Crippen molar-refractivity contribution in [3.05, 3.63) is 29.6 Å². The third kappa shape index (κ3) is 5.18. The number of benzene rings is 1. The number of amides is 1. The molecule has 0 aliphatic carbocycles. The maximum atomic E-state index is 13.5. The number of carbonyl (C=O) groups is 1. The molecule has 112 valence electrons. The van der Waals surface area contributed by atoms with Crippen LogP contribution in [0.25, 0.3) is 0 Å². The Kier molecular flexibility index (Phi) is 5.74. The summed E-state index contributed by atoms with van der Waals surface area (Å²) in [6, 6.07) is 4.38. The third-order valence-corrected chi connectivity index (χ3v) is 3.47. The first kappa shape index (κ1) is 15.5. The fourth-order valence-electron chi connectivity index (χ4n) is 1.60. The van der Waals surface area contributed by atoms with Crippen LogP contribution in [-0.2, 0) is 4.79 Å². The SMILES string of the molecule is CCCCOc1cc(F)cc(C=NN=C2NC(=O)CS2)c1. The van der Waals surface area contributed by atoms with E-state index in [1.54, 1.807) is 6.07 Å². The monoisotopic (exact) mass is 309 g/mol. The largest absolute Gasteiger partial charge is 0.493 e. The molecule has 0 unspecified atom stereocenters. The summed E-state index contributed by atoms with van der Waals surface area (Å²) in [5.41, 5.74) is 0.556. The minimum Gasteiger partial charge on any atom is -0.493 e. The van der Waals surface area contributed by atoms with Crippen molar-refractivity contribution >= 4 is 29.1 Å². The minimum atomic E-state index is -0.387. The Labute approximate surface area is 126 Å². The Bertz CT molecular complexity index is 575. The predicted octanol–water partition coefficient (Wildman–Crippen LogP) is 2.56. The number of hydrogen-bond acceptors (Lipinski definition) is 5. The number of ether oxygens (including phenoxy) is 1. The summed E-state index contributed by atoms with van der Waals surface area (Å²) >= 11 is 1.28. The lowest BCUT2D eigenvalue weighted by atomic mass is 10.2. The van der Waals surface area contributed by atoms with Crippen molar-refractivity contribution in [1.29, 1.82) is 0 Å². The van der Waals surface area contributed by atoms with E-state index in [1.165, 1.54) is 30.1 Å². The number of nitrogens with zero attached hydrogens (tertiary/aromatic N) is 2. The number of carbonyl (C=O) groups excluding carboxylic acids is 1. The zero-order valence-corrected chi connectivity index (χ0v) is 12.5. The van der Waals surface area contributed by atoms with Gasteiger partial charge in [0.1, 0.15) is 11.6 Å². The second-order valence-electron chi connectivity index (χ2n) is 4.41. The molecule has 1 N–H and O–H groups in total. The second kappa shape index (κ2) is 7.78. The van der Waals surface area contributed by atoms with Crippen LogP contribution in [0.4, 0.5) is 4.39 Å². The molecule has 1 aliphatic heterocycles. The van der Waals surface area contributed by atoms with Crippen molar-refractivity contribution in [1.82, 2.24) is 5.32 Å². The van der Waals surface area contributed by atoms with Crippen molar-refractivity contribution in [3.8, 4) is 5.75 Å². The molecule has 7 heteroatoms. The Morgan fingerprint density at radius 1 is 1.48 bits per heavy atom. The summed E-state index contributed by atoms with van der Waals surface area (Å²) in [5, 5.41) is 10.7. The van der Waals surface area contributed by atoms with Gasteiger partial charge >= 0.3 is 0 Å². The molecular weight excluding hydrogens is 293 g/mol. The van der Waals surface area contributed by atoms with Gasteiger partial charge in [-0.2, -0.15) is 5.10 Å². The highest BCUT2D eigenvalue weighted by Crippen LogP contribution is 2.16. The molecule has 0 radical (unpaired) electrons. The molecular formula is C14H16FN3O2S. The zero-order valence-electron chi connectivity index (χ0n) is 11.6. The van der Waals surface area contributed by atoms with Gasteiger partial charge in [0.15, 0.2) is 5.17 Å². The average Bonchev–Trinajstić information content (AvgIpc) is 2.84. The molecule has 5 nitrogen and oxygen atoms in total. The van der Waals surface area contributed by atoms with E-state index in [-0.39, 0.29) is 11.7 Å². The predicted molar refractivity (Wildman–Crippen MR) is 82.4 cm³/mol. The van der Waals surface area contributed by atoms with Crippen molar-refractivity contribution < 1.29 is 13.9 Å². The van der Waals surface area contributed by atoms with Gasteiger partial charge < -0.3 is 10.1 Å². The smallest absolute Gasteiger partial charge is 0.236 e. The minimum absolute atomic E-state index is 0.0914. The maximum Gasteiger partial charge on any atom is 0.236 e. The summed E-state index contributed by atoms with van der Waals surface area (Å²) in [7, 11) is 0. The van der Waals surface area contributed by atoms with E-state index in [1.807, 2.05) is 0 Å². The molecule has 1 aliphatic rings. The normalized spacial score (nSPS) is 16.7. The number of halogens is 1. The highest BCUT2D eigenvalue weighted by Gasteiger charge is 2.15. The van der Waals surface area contributed by atoms with Crippen LogP contribution in [0.1, 0.15) is 25.3 Å². The molecule has 21 heavy (non-hydrogen) atoms. The molecule has 1 heterocycles. The molecule has 1 aromatic rings. The van der Waals surface area contributed by atoms with Crippen LogP contribution in [0.2, 0.25) is 0 Å². The van der Waals surface area contributed by atoms with Gasteiger partial charge in [-0.3, -0.25) is 4.79 Å². The molecule has 1 saturated heterocycles. The van der Waals surface area contributed by atoms with Crippen LogP contribution < -0.4 is 10.1 Å².